The monoisotopic (exact) mass is 330 g/mol. The van der Waals surface area contributed by atoms with Crippen LogP contribution < -0.4 is 0 Å². The lowest BCUT2D eigenvalue weighted by molar-refractivity contribution is 0.400. The van der Waals surface area contributed by atoms with E-state index in [1.54, 1.807) is 0 Å². The molecule has 3 aromatic rings. The highest BCUT2D eigenvalue weighted by molar-refractivity contribution is 5.82. The Morgan fingerprint density at radius 1 is 0.920 bits per heavy atom. The van der Waals surface area contributed by atoms with E-state index in [1.807, 2.05) is 0 Å². The van der Waals surface area contributed by atoms with Gasteiger partial charge in [-0.1, -0.05) is 54.6 Å². The average molecular weight is 330 g/mol. The minimum atomic E-state index is 1.11. The Labute approximate surface area is 150 Å². The second-order valence-corrected chi connectivity index (χ2v) is 7.26. The fraction of sp³-hybridized carbons (Fsp3) is 0.304. The molecule has 0 spiro atoms. The van der Waals surface area contributed by atoms with E-state index in [2.05, 4.69) is 78.6 Å². The van der Waals surface area contributed by atoms with Crippen LogP contribution >= 0.6 is 0 Å². The van der Waals surface area contributed by atoms with Gasteiger partial charge in [0.05, 0.1) is 0 Å². The molecule has 25 heavy (non-hydrogen) atoms. The Bertz CT molecular complexity index is 859. The summed E-state index contributed by atoms with van der Waals surface area (Å²) in [5, 5.41) is 0. The molecule has 1 aliphatic rings. The minimum absolute atomic E-state index is 1.11. The second-order valence-electron chi connectivity index (χ2n) is 7.26. The molecular weight excluding hydrogens is 304 g/mol. The maximum atomic E-state index is 3.78. The van der Waals surface area contributed by atoms with Crippen molar-refractivity contribution in [3.05, 3.63) is 71.4 Å². The summed E-state index contributed by atoms with van der Waals surface area (Å²) in [6.07, 6.45) is 4.54. The predicted octanol–water partition coefficient (Wildman–Crippen LogP) is 4.94. The first-order valence-corrected chi connectivity index (χ1v) is 9.26. The van der Waals surface area contributed by atoms with Crippen LogP contribution in [0.2, 0.25) is 0 Å². The zero-order valence-electron chi connectivity index (χ0n) is 15.2. The number of fused-ring (bicyclic) bond motifs is 3. The summed E-state index contributed by atoms with van der Waals surface area (Å²) in [6.45, 7) is 1.12. The number of aromatic nitrogens is 1. The van der Waals surface area contributed by atoms with Crippen molar-refractivity contribution in [1.29, 1.82) is 0 Å². The van der Waals surface area contributed by atoms with Crippen LogP contribution in [0.5, 0.6) is 0 Å². The molecule has 1 N–H and O–H groups in total. The largest absolute Gasteiger partial charge is 0.358 e. The van der Waals surface area contributed by atoms with Gasteiger partial charge in [0, 0.05) is 17.0 Å². The summed E-state index contributed by atoms with van der Waals surface area (Å²) in [4.78, 5) is 6.06. The maximum absolute atomic E-state index is 3.78. The van der Waals surface area contributed by atoms with Crippen molar-refractivity contribution in [2.75, 3.05) is 20.6 Å². The fourth-order valence-corrected chi connectivity index (χ4v) is 4.02. The van der Waals surface area contributed by atoms with Crippen LogP contribution in [0.1, 0.15) is 23.2 Å². The van der Waals surface area contributed by atoms with Crippen molar-refractivity contribution in [3.63, 3.8) is 0 Å². The summed E-state index contributed by atoms with van der Waals surface area (Å²) in [7, 11) is 4.31. The zero-order valence-corrected chi connectivity index (χ0v) is 15.2. The van der Waals surface area contributed by atoms with E-state index in [0.717, 1.165) is 25.8 Å². The predicted molar refractivity (Wildman–Crippen MR) is 106 cm³/mol. The Kier molecular flexibility index (Phi) is 4.46. The Hall–Kier alpha value is -2.32. The summed E-state index contributed by atoms with van der Waals surface area (Å²) in [5.74, 6) is 0. The standard InChI is InChI=1S/C23H26N2/c1-25(2)16-8-13-20-22-19-12-7-6-9-17(19)14-15-21(22)24-23(20)18-10-4-3-5-11-18/h3-7,9-12,24H,8,13-16H2,1-2H3. The first-order chi connectivity index (χ1) is 12.2. The van der Waals surface area contributed by atoms with Gasteiger partial charge in [0.25, 0.3) is 0 Å². The number of nitrogens with one attached hydrogen (secondary N) is 1. The van der Waals surface area contributed by atoms with Gasteiger partial charge in [0.15, 0.2) is 0 Å². The lowest BCUT2D eigenvalue weighted by atomic mass is 9.86. The van der Waals surface area contributed by atoms with Gasteiger partial charge >= 0.3 is 0 Å². The quantitative estimate of drug-likeness (QED) is 0.702. The molecule has 4 rings (SSSR count). The Morgan fingerprint density at radius 2 is 1.68 bits per heavy atom. The van der Waals surface area contributed by atoms with Crippen LogP contribution in [0.25, 0.3) is 22.4 Å². The van der Waals surface area contributed by atoms with E-state index in [9.17, 15) is 0 Å². The van der Waals surface area contributed by atoms with Crippen LogP contribution in [-0.4, -0.2) is 30.5 Å². The zero-order chi connectivity index (χ0) is 17.2. The van der Waals surface area contributed by atoms with Gasteiger partial charge in [-0.05, 0) is 68.6 Å². The van der Waals surface area contributed by atoms with E-state index < -0.39 is 0 Å². The van der Waals surface area contributed by atoms with E-state index >= 15 is 0 Å². The Balaban J connectivity index is 1.82. The van der Waals surface area contributed by atoms with Gasteiger partial charge in [-0.15, -0.1) is 0 Å². The molecule has 0 saturated heterocycles. The third-order valence-corrected chi connectivity index (χ3v) is 5.21. The highest BCUT2D eigenvalue weighted by atomic mass is 15.0. The number of aryl methyl sites for hydroxylation is 2. The lowest BCUT2D eigenvalue weighted by Gasteiger charge is -2.18. The molecule has 2 aromatic carbocycles. The van der Waals surface area contributed by atoms with Crippen LogP contribution in [0.4, 0.5) is 0 Å². The molecule has 2 heteroatoms. The number of rotatable bonds is 5. The van der Waals surface area contributed by atoms with Crippen molar-refractivity contribution in [2.45, 2.75) is 25.7 Å². The molecule has 2 nitrogen and oxygen atoms in total. The fourth-order valence-electron chi connectivity index (χ4n) is 4.02. The van der Waals surface area contributed by atoms with Gasteiger partial charge in [-0.2, -0.15) is 0 Å². The van der Waals surface area contributed by atoms with Crippen LogP contribution in [-0.2, 0) is 19.3 Å². The van der Waals surface area contributed by atoms with Crippen LogP contribution in [0.15, 0.2) is 54.6 Å². The van der Waals surface area contributed by atoms with Crippen LogP contribution in [0.3, 0.4) is 0 Å². The van der Waals surface area contributed by atoms with Gasteiger partial charge in [-0.3, -0.25) is 0 Å². The van der Waals surface area contributed by atoms with Gasteiger partial charge < -0.3 is 9.88 Å². The molecule has 0 atom stereocenters. The molecule has 0 fully saturated rings. The van der Waals surface area contributed by atoms with Crippen LogP contribution in [0, 0.1) is 0 Å². The number of hydrogen-bond donors (Lipinski definition) is 1. The van der Waals surface area contributed by atoms with Gasteiger partial charge in [0.1, 0.15) is 0 Å². The number of nitrogens with zero attached hydrogens (tertiary/aromatic N) is 1. The Morgan fingerprint density at radius 3 is 2.48 bits per heavy atom. The molecule has 0 aliphatic heterocycles. The van der Waals surface area contributed by atoms with E-state index in [-0.39, 0.29) is 0 Å². The highest BCUT2D eigenvalue weighted by Gasteiger charge is 2.24. The van der Waals surface area contributed by atoms with Crippen molar-refractivity contribution in [2.24, 2.45) is 0 Å². The first kappa shape index (κ1) is 16.2. The topological polar surface area (TPSA) is 19.0 Å². The summed E-state index contributed by atoms with van der Waals surface area (Å²) in [5.41, 5.74) is 9.92. The SMILES string of the molecule is CN(C)CCCc1c(-c2ccccc2)[nH]c2c1-c1ccccc1CC2. The maximum Gasteiger partial charge on any atom is 0.0495 e. The van der Waals surface area contributed by atoms with E-state index in [0.29, 0.717) is 0 Å². The number of H-pyrrole nitrogens is 1. The van der Waals surface area contributed by atoms with Crippen molar-refractivity contribution >= 4 is 0 Å². The third-order valence-electron chi connectivity index (χ3n) is 5.21. The summed E-state index contributed by atoms with van der Waals surface area (Å²) in [6, 6.07) is 19.7. The molecule has 1 heterocycles. The first-order valence-electron chi connectivity index (χ1n) is 9.26. The van der Waals surface area contributed by atoms with Gasteiger partial charge in [-0.25, -0.2) is 0 Å². The molecule has 0 unspecified atom stereocenters. The normalized spacial score (nSPS) is 12.9. The van der Waals surface area contributed by atoms with Crippen molar-refractivity contribution in [1.82, 2.24) is 9.88 Å². The molecule has 0 amide bonds. The second kappa shape index (κ2) is 6.89. The number of hydrogen-bond acceptors (Lipinski definition) is 1. The average Bonchev–Trinajstić information content (AvgIpc) is 3.01. The molecular formula is C23H26N2. The lowest BCUT2D eigenvalue weighted by Crippen LogP contribution is -2.13. The third kappa shape index (κ3) is 3.14. The number of aromatic amines is 1. The molecule has 0 saturated carbocycles. The smallest absolute Gasteiger partial charge is 0.0495 e. The minimum Gasteiger partial charge on any atom is -0.358 e. The number of benzene rings is 2. The van der Waals surface area contributed by atoms with E-state index in [4.69, 9.17) is 0 Å². The van der Waals surface area contributed by atoms with E-state index in [1.165, 1.54) is 45.6 Å². The molecule has 128 valence electrons. The molecule has 0 radical (unpaired) electrons. The molecule has 1 aromatic heterocycles. The van der Waals surface area contributed by atoms with Gasteiger partial charge in [0.2, 0.25) is 0 Å². The van der Waals surface area contributed by atoms with Crippen molar-refractivity contribution < 1.29 is 0 Å². The summed E-state index contributed by atoms with van der Waals surface area (Å²) < 4.78 is 0. The molecule has 0 bridgehead atoms. The van der Waals surface area contributed by atoms with Crippen molar-refractivity contribution in [3.8, 4) is 22.4 Å². The summed E-state index contributed by atoms with van der Waals surface area (Å²) >= 11 is 0. The highest BCUT2D eigenvalue weighted by Crippen LogP contribution is 2.41. The molecule has 1 aliphatic carbocycles.